The molecule has 0 amide bonds. The van der Waals surface area contributed by atoms with Gasteiger partial charge in [0.2, 0.25) is 0 Å². The van der Waals surface area contributed by atoms with E-state index >= 15 is 0 Å². The number of nitrogen functional groups attached to an aromatic ring is 1. The van der Waals surface area contributed by atoms with Crippen LogP contribution in [0.3, 0.4) is 0 Å². The predicted molar refractivity (Wildman–Crippen MR) is 74.2 cm³/mol. The van der Waals surface area contributed by atoms with Gasteiger partial charge in [-0.2, -0.15) is 0 Å². The first-order valence-corrected chi connectivity index (χ1v) is 7.13. The van der Waals surface area contributed by atoms with Crippen molar-refractivity contribution in [3.05, 3.63) is 11.9 Å². The van der Waals surface area contributed by atoms with Crippen molar-refractivity contribution in [1.29, 1.82) is 0 Å². The van der Waals surface area contributed by atoms with Crippen LogP contribution in [0.4, 0.5) is 5.82 Å². The molecular formula is C12H22N4S. The summed E-state index contributed by atoms with van der Waals surface area (Å²) in [5, 5.41) is 1.05. The van der Waals surface area contributed by atoms with E-state index in [1.165, 1.54) is 19.3 Å². The van der Waals surface area contributed by atoms with Crippen LogP contribution >= 0.6 is 11.8 Å². The van der Waals surface area contributed by atoms with Crippen molar-refractivity contribution in [2.75, 3.05) is 11.2 Å². The van der Waals surface area contributed by atoms with E-state index in [-0.39, 0.29) is 0 Å². The number of nitrogens with two attached hydrogens (primary N) is 1. The number of hydrogen-bond donors (Lipinski definition) is 2. The lowest BCUT2D eigenvalue weighted by Gasteiger charge is -2.14. The molecule has 1 aromatic rings. The molecule has 17 heavy (non-hydrogen) atoms. The maximum absolute atomic E-state index is 5.48. The van der Waals surface area contributed by atoms with Crippen molar-refractivity contribution in [1.82, 2.24) is 9.97 Å². The van der Waals surface area contributed by atoms with Crippen molar-refractivity contribution in [2.45, 2.75) is 51.0 Å². The number of hydrogen-bond acceptors (Lipinski definition) is 5. The molecule has 3 N–H and O–H groups in total. The lowest BCUT2D eigenvalue weighted by molar-refractivity contribution is 0.774. The Balaban J connectivity index is 2.76. The molecule has 0 spiro atoms. The van der Waals surface area contributed by atoms with Crippen LogP contribution in [0.2, 0.25) is 0 Å². The van der Waals surface area contributed by atoms with Crippen LogP contribution in [0.15, 0.2) is 11.4 Å². The normalized spacial score (nSPS) is 10.9. The average molecular weight is 254 g/mol. The van der Waals surface area contributed by atoms with Gasteiger partial charge in [-0.1, -0.05) is 33.6 Å². The maximum Gasteiger partial charge on any atom is 0.147 e. The van der Waals surface area contributed by atoms with Gasteiger partial charge >= 0.3 is 0 Å². The van der Waals surface area contributed by atoms with Crippen molar-refractivity contribution in [3.8, 4) is 0 Å². The SMILES string of the molecule is CCCCCSc1ncnc(NN)c1C(C)C. The molecule has 0 aromatic carbocycles. The summed E-state index contributed by atoms with van der Waals surface area (Å²) in [4.78, 5) is 8.53. The summed E-state index contributed by atoms with van der Waals surface area (Å²) in [6, 6.07) is 0. The summed E-state index contributed by atoms with van der Waals surface area (Å²) >= 11 is 1.80. The Labute approximate surface area is 108 Å². The molecule has 0 aliphatic rings. The molecule has 0 bridgehead atoms. The van der Waals surface area contributed by atoms with E-state index in [1.54, 1.807) is 18.1 Å². The summed E-state index contributed by atoms with van der Waals surface area (Å²) in [6.07, 6.45) is 5.32. The van der Waals surface area contributed by atoms with Crippen LogP contribution in [0.5, 0.6) is 0 Å². The molecule has 1 rings (SSSR count). The lowest BCUT2D eigenvalue weighted by atomic mass is 10.1. The van der Waals surface area contributed by atoms with Gasteiger partial charge in [0.05, 0.1) is 0 Å². The van der Waals surface area contributed by atoms with Gasteiger partial charge in [0.1, 0.15) is 17.2 Å². The van der Waals surface area contributed by atoms with Gasteiger partial charge < -0.3 is 5.43 Å². The molecule has 0 fully saturated rings. The van der Waals surface area contributed by atoms with Crippen LogP contribution in [0.25, 0.3) is 0 Å². The number of thioether (sulfide) groups is 1. The topological polar surface area (TPSA) is 63.8 Å². The molecule has 1 aromatic heterocycles. The largest absolute Gasteiger partial charge is 0.308 e. The van der Waals surface area contributed by atoms with Gasteiger partial charge in [0, 0.05) is 5.56 Å². The molecule has 0 atom stereocenters. The fourth-order valence-corrected chi connectivity index (χ4v) is 2.80. The van der Waals surface area contributed by atoms with E-state index in [0.717, 1.165) is 22.2 Å². The minimum absolute atomic E-state index is 0.371. The predicted octanol–water partition coefficient (Wildman–Crippen LogP) is 3.17. The standard InChI is InChI=1S/C12H22N4S/c1-4-5-6-7-17-12-10(9(2)3)11(16-13)14-8-15-12/h8-9H,4-7,13H2,1-3H3,(H,14,15,16). The maximum atomic E-state index is 5.48. The number of anilines is 1. The Hall–Kier alpha value is -0.810. The molecule has 1 heterocycles. The fourth-order valence-electron chi connectivity index (χ4n) is 1.65. The second-order valence-electron chi connectivity index (χ2n) is 4.30. The van der Waals surface area contributed by atoms with E-state index in [4.69, 9.17) is 5.84 Å². The second kappa shape index (κ2) is 7.50. The third-order valence-corrected chi connectivity index (χ3v) is 3.64. The number of hydrazine groups is 1. The van der Waals surface area contributed by atoms with Crippen molar-refractivity contribution >= 4 is 17.6 Å². The molecular weight excluding hydrogens is 232 g/mol. The zero-order valence-corrected chi connectivity index (χ0v) is 11.7. The Kier molecular flexibility index (Phi) is 6.29. The van der Waals surface area contributed by atoms with Crippen LogP contribution in [0.1, 0.15) is 51.5 Å². The van der Waals surface area contributed by atoms with E-state index in [1.807, 2.05) is 0 Å². The summed E-state index contributed by atoms with van der Waals surface area (Å²) in [6.45, 7) is 6.48. The van der Waals surface area contributed by atoms with Crippen LogP contribution in [-0.4, -0.2) is 15.7 Å². The monoisotopic (exact) mass is 254 g/mol. The second-order valence-corrected chi connectivity index (χ2v) is 5.38. The van der Waals surface area contributed by atoms with Crippen LogP contribution < -0.4 is 11.3 Å². The van der Waals surface area contributed by atoms with Gasteiger partial charge in [-0.05, 0) is 18.1 Å². The quantitative estimate of drug-likeness (QED) is 0.257. The van der Waals surface area contributed by atoms with Gasteiger partial charge in [-0.25, -0.2) is 15.8 Å². The van der Waals surface area contributed by atoms with Crippen LogP contribution in [0, 0.1) is 0 Å². The Morgan fingerprint density at radius 3 is 2.71 bits per heavy atom. The van der Waals surface area contributed by atoms with Gasteiger partial charge in [-0.15, -0.1) is 11.8 Å². The van der Waals surface area contributed by atoms with Gasteiger partial charge in [-0.3, -0.25) is 0 Å². The zero-order valence-electron chi connectivity index (χ0n) is 10.9. The molecule has 0 saturated carbocycles. The first-order chi connectivity index (χ1) is 8.20. The minimum atomic E-state index is 0.371. The summed E-state index contributed by atoms with van der Waals surface area (Å²) in [5.41, 5.74) is 3.78. The van der Waals surface area contributed by atoms with E-state index in [2.05, 4.69) is 36.2 Å². The Morgan fingerprint density at radius 2 is 2.12 bits per heavy atom. The number of nitrogens with zero attached hydrogens (tertiary/aromatic N) is 2. The first kappa shape index (κ1) is 14.3. The third kappa shape index (κ3) is 4.16. The highest BCUT2D eigenvalue weighted by molar-refractivity contribution is 7.99. The Bertz CT molecular complexity index is 341. The Morgan fingerprint density at radius 1 is 1.35 bits per heavy atom. The third-order valence-electron chi connectivity index (χ3n) is 2.55. The molecule has 0 aliphatic heterocycles. The summed E-state index contributed by atoms with van der Waals surface area (Å²) < 4.78 is 0. The summed E-state index contributed by atoms with van der Waals surface area (Å²) in [7, 11) is 0. The highest BCUT2D eigenvalue weighted by Crippen LogP contribution is 2.31. The number of aromatic nitrogens is 2. The summed E-state index contributed by atoms with van der Waals surface area (Å²) in [5.74, 6) is 7.70. The van der Waals surface area contributed by atoms with E-state index in [0.29, 0.717) is 5.92 Å². The van der Waals surface area contributed by atoms with Crippen molar-refractivity contribution in [3.63, 3.8) is 0 Å². The van der Waals surface area contributed by atoms with E-state index < -0.39 is 0 Å². The highest BCUT2D eigenvalue weighted by Gasteiger charge is 2.14. The molecule has 5 heteroatoms. The van der Waals surface area contributed by atoms with Crippen molar-refractivity contribution < 1.29 is 0 Å². The molecule has 0 aliphatic carbocycles. The number of nitrogens with one attached hydrogen (secondary N) is 1. The molecule has 0 radical (unpaired) electrons. The minimum Gasteiger partial charge on any atom is -0.308 e. The first-order valence-electron chi connectivity index (χ1n) is 6.15. The lowest BCUT2D eigenvalue weighted by Crippen LogP contribution is -2.13. The smallest absolute Gasteiger partial charge is 0.147 e. The molecule has 0 saturated heterocycles. The molecule has 4 nitrogen and oxygen atoms in total. The number of unbranched alkanes of at least 4 members (excludes halogenated alkanes) is 2. The van der Waals surface area contributed by atoms with Crippen molar-refractivity contribution in [2.24, 2.45) is 5.84 Å². The molecule has 96 valence electrons. The van der Waals surface area contributed by atoms with Gasteiger partial charge in [0.25, 0.3) is 0 Å². The average Bonchev–Trinajstić information content (AvgIpc) is 2.33. The van der Waals surface area contributed by atoms with Gasteiger partial charge in [0.15, 0.2) is 0 Å². The highest BCUT2D eigenvalue weighted by atomic mass is 32.2. The zero-order chi connectivity index (χ0) is 12.7. The molecule has 0 unspecified atom stereocenters. The number of rotatable bonds is 7. The van der Waals surface area contributed by atoms with Crippen LogP contribution in [-0.2, 0) is 0 Å². The van der Waals surface area contributed by atoms with E-state index in [9.17, 15) is 0 Å². The fraction of sp³-hybridized carbons (Fsp3) is 0.667.